The van der Waals surface area contributed by atoms with Crippen LogP contribution in [0.5, 0.6) is 0 Å². The van der Waals surface area contributed by atoms with Crippen LogP contribution in [0.3, 0.4) is 0 Å². The van der Waals surface area contributed by atoms with Crippen molar-refractivity contribution < 1.29 is 14.2 Å². The molecule has 0 aliphatic heterocycles. The minimum atomic E-state index is -0.221. The number of nitrogens with zero attached hydrogens (tertiary/aromatic N) is 1. The Hall–Kier alpha value is -3.24. The number of carbonyl (C=O) groups is 2. The number of aromatic nitrogens is 1. The van der Waals surface area contributed by atoms with Crippen LogP contribution in [0.1, 0.15) is 20.7 Å². The third-order valence-electron chi connectivity index (χ3n) is 4.18. The molecule has 0 unspecified atom stereocenters. The highest BCUT2D eigenvalue weighted by Gasteiger charge is 2.38. The van der Waals surface area contributed by atoms with E-state index in [2.05, 4.69) is 5.32 Å². The Balaban J connectivity index is 1.90. The highest BCUT2D eigenvalue weighted by Crippen LogP contribution is 2.27. The van der Waals surface area contributed by atoms with Crippen molar-refractivity contribution in [2.45, 2.75) is 0 Å². The second-order valence-corrected chi connectivity index (χ2v) is 6.28. The molecule has 26 heavy (non-hydrogen) atoms. The summed E-state index contributed by atoms with van der Waals surface area (Å²) in [4.78, 5) is 26.2. The molecule has 0 spiro atoms. The van der Waals surface area contributed by atoms with Crippen LogP contribution in [0.2, 0.25) is 5.02 Å². The first-order valence-electron chi connectivity index (χ1n) is 8.07. The van der Waals surface area contributed by atoms with Crippen LogP contribution in [-0.2, 0) is 0 Å². The maximum Gasteiger partial charge on any atom is 0.286 e. The maximum absolute atomic E-state index is 13.1. The lowest BCUT2D eigenvalue weighted by molar-refractivity contribution is -0.577. The van der Waals surface area contributed by atoms with Gasteiger partial charge in [-0.2, -0.15) is 4.57 Å². The fourth-order valence-corrected chi connectivity index (χ4v) is 3.08. The summed E-state index contributed by atoms with van der Waals surface area (Å²) in [6.07, 6.45) is 3.50. The van der Waals surface area contributed by atoms with Gasteiger partial charge in [-0.25, -0.2) is 0 Å². The molecule has 0 saturated carbocycles. The van der Waals surface area contributed by atoms with Gasteiger partial charge in [0.05, 0.1) is 0 Å². The lowest BCUT2D eigenvalue weighted by Crippen LogP contribution is -2.41. The molecule has 1 aliphatic carbocycles. The van der Waals surface area contributed by atoms with Crippen LogP contribution in [0.15, 0.2) is 84.8 Å². The first-order valence-corrected chi connectivity index (χ1v) is 8.45. The molecule has 0 fully saturated rings. The molecule has 3 aromatic rings. The number of rotatable bonds is 3. The molecule has 4 rings (SSSR count). The molecule has 2 aromatic carbocycles. The minimum Gasteiger partial charge on any atom is -0.347 e. The molecule has 1 heterocycles. The molecule has 4 nitrogen and oxygen atoms in total. The summed E-state index contributed by atoms with van der Waals surface area (Å²) in [5, 5.41) is 3.70. The Morgan fingerprint density at radius 2 is 1.35 bits per heavy atom. The predicted molar refractivity (Wildman–Crippen MR) is 100 cm³/mol. The molecular formula is C21H14ClN2O2+. The number of nitrogens with one attached hydrogen (secondary N) is 1. The number of hydrogen-bond acceptors (Lipinski definition) is 3. The molecule has 1 aliphatic rings. The van der Waals surface area contributed by atoms with Gasteiger partial charge in [0.2, 0.25) is 5.78 Å². The van der Waals surface area contributed by atoms with E-state index in [1.54, 1.807) is 65.5 Å². The summed E-state index contributed by atoms with van der Waals surface area (Å²) in [7, 11) is 0. The lowest BCUT2D eigenvalue weighted by atomic mass is 9.90. The van der Waals surface area contributed by atoms with Crippen LogP contribution in [0, 0.1) is 0 Å². The monoisotopic (exact) mass is 361 g/mol. The highest BCUT2D eigenvalue weighted by atomic mass is 35.5. The number of pyridine rings is 1. The SMILES string of the molecule is O=C1C(Nc2ccc(Cl)cc2)=C([n+]2ccccc2)C(=O)c2ccccc21. The standard InChI is InChI=1S/C21H13ClN2O2/c22-14-8-10-15(11-9-14)23-18-19(24-12-4-1-5-13-24)21(26)17-7-3-2-6-16(17)20(18)25/h1-13H/p+1. The van der Waals surface area contributed by atoms with Gasteiger partial charge in [-0.1, -0.05) is 41.9 Å². The van der Waals surface area contributed by atoms with E-state index in [1.807, 2.05) is 18.2 Å². The number of fused-ring (bicyclic) bond motifs is 1. The van der Waals surface area contributed by atoms with E-state index >= 15 is 0 Å². The first kappa shape index (κ1) is 16.2. The largest absolute Gasteiger partial charge is 0.347 e. The predicted octanol–water partition coefficient (Wildman–Crippen LogP) is 3.99. The highest BCUT2D eigenvalue weighted by molar-refractivity contribution is 6.36. The van der Waals surface area contributed by atoms with Gasteiger partial charge in [0, 0.05) is 34.0 Å². The van der Waals surface area contributed by atoms with Crippen molar-refractivity contribution in [3.63, 3.8) is 0 Å². The summed E-state index contributed by atoms with van der Waals surface area (Å²) < 4.78 is 1.66. The Kier molecular flexibility index (Phi) is 4.11. The molecule has 126 valence electrons. The number of halogens is 1. The van der Waals surface area contributed by atoms with Gasteiger partial charge in [0.25, 0.3) is 11.5 Å². The smallest absolute Gasteiger partial charge is 0.286 e. The lowest BCUT2D eigenvalue weighted by Gasteiger charge is -2.18. The van der Waals surface area contributed by atoms with Gasteiger partial charge >= 0.3 is 0 Å². The number of carbonyl (C=O) groups excluding carboxylic acids is 2. The van der Waals surface area contributed by atoms with Gasteiger partial charge in [-0.05, 0) is 24.3 Å². The zero-order valence-electron chi connectivity index (χ0n) is 13.6. The average Bonchev–Trinajstić information content (AvgIpc) is 2.68. The normalized spacial score (nSPS) is 13.6. The molecular weight excluding hydrogens is 348 g/mol. The summed E-state index contributed by atoms with van der Waals surface area (Å²) in [5.74, 6) is -0.422. The number of anilines is 1. The van der Waals surface area contributed by atoms with Crippen LogP contribution in [0.4, 0.5) is 5.69 Å². The van der Waals surface area contributed by atoms with E-state index in [-0.39, 0.29) is 17.3 Å². The van der Waals surface area contributed by atoms with E-state index < -0.39 is 0 Å². The van der Waals surface area contributed by atoms with Crippen molar-refractivity contribution in [1.82, 2.24) is 0 Å². The summed E-state index contributed by atoms with van der Waals surface area (Å²) >= 11 is 5.93. The van der Waals surface area contributed by atoms with Gasteiger partial charge in [0.15, 0.2) is 18.1 Å². The number of hydrogen-bond donors (Lipinski definition) is 1. The van der Waals surface area contributed by atoms with Crippen LogP contribution in [-0.4, -0.2) is 11.6 Å². The summed E-state index contributed by atoms with van der Waals surface area (Å²) in [6.45, 7) is 0. The Morgan fingerprint density at radius 3 is 2.00 bits per heavy atom. The Bertz CT molecular complexity index is 1040. The maximum atomic E-state index is 13.1. The van der Waals surface area contributed by atoms with E-state index in [9.17, 15) is 9.59 Å². The molecule has 0 amide bonds. The van der Waals surface area contributed by atoms with Gasteiger partial charge in [-0.3, -0.25) is 9.59 Å². The molecule has 1 N–H and O–H groups in total. The van der Waals surface area contributed by atoms with Gasteiger partial charge in [0.1, 0.15) is 0 Å². The van der Waals surface area contributed by atoms with Crippen molar-refractivity contribution in [2.75, 3.05) is 5.32 Å². The van der Waals surface area contributed by atoms with Crippen molar-refractivity contribution in [3.05, 3.63) is 101 Å². The topological polar surface area (TPSA) is 50.1 Å². The average molecular weight is 362 g/mol. The number of ketones is 2. The van der Waals surface area contributed by atoms with Gasteiger partial charge < -0.3 is 5.32 Å². The summed E-state index contributed by atoms with van der Waals surface area (Å²) in [6, 6.07) is 19.3. The quantitative estimate of drug-likeness (QED) is 0.718. The van der Waals surface area contributed by atoms with Gasteiger partial charge in [-0.15, -0.1) is 0 Å². The van der Waals surface area contributed by atoms with Crippen molar-refractivity contribution in [1.29, 1.82) is 0 Å². The van der Waals surface area contributed by atoms with E-state index in [0.29, 0.717) is 27.5 Å². The molecule has 5 heteroatoms. The number of allylic oxidation sites excluding steroid dienone is 2. The molecule has 0 bridgehead atoms. The second-order valence-electron chi connectivity index (χ2n) is 5.84. The Labute approximate surface area is 155 Å². The fraction of sp³-hybridized carbons (Fsp3) is 0. The number of benzene rings is 2. The summed E-state index contributed by atoms with van der Waals surface area (Å²) in [5.41, 5.74) is 2.02. The van der Waals surface area contributed by atoms with Crippen molar-refractivity contribution in [2.24, 2.45) is 0 Å². The zero-order chi connectivity index (χ0) is 18.1. The van der Waals surface area contributed by atoms with Crippen molar-refractivity contribution >= 4 is 34.6 Å². The Morgan fingerprint density at radius 1 is 0.731 bits per heavy atom. The molecule has 1 aromatic heterocycles. The molecule has 0 radical (unpaired) electrons. The molecule has 0 saturated heterocycles. The second kappa shape index (κ2) is 6.58. The van der Waals surface area contributed by atoms with E-state index in [4.69, 9.17) is 11.6 Å². The van der Waals surface area contributed by atoms with Crippen molar-refractivity contribution in [3.8, 4) is 0 Å². The van der Waals surface area contributed by atoms with E-state index in [0.717, 1.165) is 0 Å². The third-order valence-corrected chi connectivity index (χ3v) is 4.43. The van der Waals surface area contributed by atoms with Crippen LogP contribution in [0.25, 0.3) is 5.70 Å². The van der Waals surface area contributed by atoms with Crippen LogP contribution < -0.4 is 9.88 Å². The molecule has 0 atom stereocenters. The third kappa shape index (κ3) is 2.80. The number of Topliss-reactive ketones (excluding diaryl/α,β-unsaturated/α-hetero) is 2. The van der Waals surface area contributed by atoms with E-state index in [1.165, 1.54) is 0 Å². The fourth-order valence-electron chi connectivity index (χ4n) is 2.95. The van der Waals surface area contributed by atoms with Crippen LogP contribution >= 0.6 is 11.6 Å². The minimum absolute atomic E-state index is 0.201. The first-order chi connectivity index (χ1) is 12.6. The zero-order valence-corrected chi connectivity index (χ0v) is 14.4.